The van der Waals surface area contributed by atoms with Crippen molar-refractivity contribution in [1.82, 2.24) is 0 Å². The molecule has 0 fully saturated rings. The molecule has 1 heterocycles. The van der Waals surface area contributed by atoms with E-state index in [4.69, 9.17) is 10.5 Å². The van der Waals surface area contributed by atoms with Crippen molar-refractivity contribution in [2.24, 2.45) is 5.73 Å². The van der Waals surface area contributed by atoms with Gasteiger partial charge in [-0.1, -0.05) is 22.9 Å². The van der Waals surface area contributed by atoms with E-state index < -0.39 is 0 Å². The molecule has 0 aliphatic heterocycles. The molecule has 0 spiro atoms. The Labute approximate surface area is 130 Å². The Morgan fingerprint density at radius 2 is 2.15 bits per heavy atom. The third-order valence-electron chi connectivity index (χ3n) is 3.17. The minimum Gasteiger partial charge on any atom is -0.480 e. The first-order chi connectivity index (χ1) is 9.52. The van der Waals surface area contributed by atoms with Gasteiger partial charge in [-0.15, -0.1) is 11.3 Å². The Balaban J connectivity index is 2.33. The van der Waals surface area contributed by atoms with E-state index in [1.54, 1.807) is 23.5 Å². The molecule has 0 saturated heterocycles. The number of ether oxygens (including phenoxy) is 1. The van der Waals surface area contributed by atoms with Crippen molar-refractivity contribution >= 4 is 27.3 Å². The van der Waals surface area contributed by atoms with Gasteiger partial charge in [0.2, 0.25) is 0 Å². The lowest BCUT2D eigenvalue weighted by Gasteiger charge is -2.24. The summed E-state index contributed by atoms with van der Waals surface area (Å²) in [6.45, 7) is 4.02. The van der Waals surface area contributed by atoms with Crippen molar-refractivity contribution in [3.63, 3.8) is 0 Å². The summed E-state index contributed by atoms with van der Waals surface area (Å²) in [7, 11) is 0. The van der Waals surface area contributed by atoms with Gasteiger partial charge in [0.15, 0.2) is 11.6 Å². The minimum absolute atomic E-state index is 0.175. The molecule has 5 heteroatoms. The van der Waals surface area contributed by atoms with E-state index >= 15 is 0 Å². The summed E-state index contributed by atoms with van der Waals surface area (Å²) in [5.74, 6) is -0.156. The largest absolute Gasteiger partial charge is 0.480 e. The lowest BCUT2D eigenvalue weighted by molar-refractivity contribution is 0.166. The minimum atomic E-state index is -0.379. The Morgan fingerprint density at radius 1 is 1.40 bits per heavy atom. The van der Waals surface area contributed by atoms with Gasteiger partial charge >= 0.3 is 0 Å². The number of benzene rings is 1. The number of hydrogen-bond acceptors (Lipinski definition) is 3. The average Bonchev–Trinajstić information content (AvgIpc) is 2.85. The fourth-order valence-corrected chi connectivity index (χ4v) is 3.30. The molecule has 0 bridgehead atoms. The molecular weight excluding hydrogens is 341 g/mol. The molecule has 0 saturated carbocycles. The van der Waals surface area contributed by atoms with Gasteiger partial charge < -0.3 is 10.5 Å². The fraction of sp³-hybridized carbons (Fsp3) is 0.333. The number of hydrogen-bond donors (Lipinski definition) is 1. The fourth-order valence-electron chi connectivity index (χ4n) is 1.93. The standard InChI is InChI=1S/C15H17BrFNOS/c1-3-12(18)14(15-9(2)6-7-20-15)19-13-8-10(16)4-5-11(13)17/h4-8,12,14H,3,18H2,1-2H3. The second kappa shape index (κ2) is 6.70. The van der Waals surface area contributed by atoms with Crippen LogP contribution in [0.2, 0.25) is 0 Å². The van der Waals surface area contributed by atoms with Crippen LogP contribution in [-0.2, 0) is 0 Å². The van der Waals surface area contributed by atoms with Crippen molar-refractivity contribution in [2.45, 2.75) is 32.4 Å². The average molecular weight is 358 g/mol. The van der Waals surface area contributed by atoms with Crippen molar-refractivity contribution < 1.29 is 9.13 Å². The maximum atomic E-state index is 13.9. The highest BCUT2D eigenvalue weighted by Gasteiger charge is 2.24. The molecule has 1 aromatic heterocycles. The van der Waals surface area contributed by atoms with Crippen molar-refractivity contribution in [2.75, 3.05) is 0 Å². The van der Waals surface area contributed by atoms with E-state index in [2.05, 4.69) is 15.9 Å². The van der Waals surface area contributed by atoms with Crippen LogP contribution in [0.25, 0.3) is 0 Å². The number of thiophene rings is 1. The molecule has 108 valence electrons. The Bertz CT molecular complexity index is 587. The number of rotatable bonds is 5. The highest BCUT2D eigenvalue weighted by atomic mass is 79.9. The molecule has 2 N–H and O–H groups in total. The summed E-state index contributed by atoms with van der Waals surface area (Å²) in [6, 6.07) is 6.51. The Morgan fingerprint density at radius 3 is 2.75 bits per heavy atom. The zero-order chi connectivity index (χ0) is 14.7. The van der Waals surface area contributed by atoms with Gasteiger partial charge in [0, 0.05) is 15.4 Å². The van der Waals surface area contributed by atoms with Crippen LogP contribution in [-0.4, -0.2) is 6.04 Å². The summed E-state index contributed by atoms with van der Waals surface area (Å²) in [5, 5.41) is 2.00. The summed E-state index contributed by atoms with van der Waals surface area (Å²) in [5.41, 5.74) is 7.29. The first-order valence-corrected chi connectivity index (χ1v) is 8.11. The normalized spacial score (nSPS) is 14.1. The van der Waals surface area contributed by atoms with Gasteiger partial charge in [-0.3, -0.25) is 0 Å². The van der Waals surface area contributed by atoms with E-state index in [1.807, 2.05) is 25.3 Å². The predicted octanol–water partition coefficient (Wildman–Crippen LogP) is 4.82. The molecule has 20 heavy (non-hydrogen) atoms. The second-order valence-corrected chi connectivity index (χ2v) is 6.52. The molecular formula is C15H17BrFNOS. The maximum Gasteiger partial charge on any atom is 0.165 e. The van der Waals surface area contributed by atoms with Gasteiger partial charge in [0.1, 0.15) is 6.10 Å². The van der Waals surface area contributed by atoms with Gasteiger partial charge in [-0.05, 0) is 48.6 Å². The van der Waals surface area contributed by atoms with Crippen LogP contribution in [0.15, 0.2) is 34.1 Å². The van der Waals surface area contributed by atoms with Crippen LogP contribution in [0, 0.1) is 12.7 Å². The van der Waals surface area contributed by atoms with E-state index in [0.717, 1.165) is 21.3 Å². The van der Waals surface area contributed by atoms with E-state index in [0.29, 0.717) is 0 Å². The molecule has 2 unspecified atom stereocenters. The lowest BCUT2D eigenvalue weighted by Crippen LogP contribution is -2.31. The zero-order valence-corrected chi connectivity index (χ0v) is 13.8. The number of nitrogens with two attached hydrogens (primary N) is 1. The van der Waals surface area contributed by atoms with Gasteiger partial charge in [-0.25, -0.2) is 4.39 Å². The number of halogens is 2. The maximum absolute atomic E-state index is 13.9. The van der Waals surface area contributed by atoms with E-state index in [1.165, 1.54) is 6.07 Å². The molecule has 2 aromatic rings. The molecule has 2 rings (SSSR count). The third-order valence-corrected chi connectivity index (χ3v) is 4.74. The van der Waals surface area contributed by atoms with Gasteiger partial charge in [-0.2, -0.15) is 0 Å². The highest BCUT2D eigenvalue weighted by molar-refractivity contribution is 9.10. The molecule has 0 aliphatic rings. The van der Waals surface area contributed by atoms with Crippen LogP contribution < -0.4 is 10.5 Å². The van der Waals surface area contributed by atoms with Crippen LogP contribution in [0.5, 0.6) is 5.75 Å². The quantitative estimate of drug-likeness (QED) is 0.832. The molecule has 2 atom stereocenters. The van der Waals surface area contributed by atoms with Crippen LogP contribution in [0.4, 0.5) is 4.39 Å². The monoisotopic (exact) mass is 357 g/mol. The summed E-state index contributed by atoms with van der Waals surface area (Å²) in [6.07, 6.45) is 0.432. The molecule has 2 nitrogen and oxygen atoms in total. The second-order valence-electron chi connectivity index (χ2n) is 4.65. The Hall–Kier alpha value is -0.910. The highest BCUT2D eigenvalue weighted by Crippen LogP contribution is 2.33. The molecule has 0 aliphatic carbocycles. The summed E-state index contributed by atoms with van der Waals surface area (Å²) < 4.78 is 20.5. The lowest BCUT2D eigenvalue weighted by atomic mass is 10.1. The predicted molar refractivity (Wildman–Crippen MR) is 84.8 cm³/mol. The number of aryl methyl sites for hydroxylation is 1. The van der Waals surface area contributed by atoms with Crippen molar-refractivity contribution in [3.05, 3.63) is 50.4 Å². The zero-order valence-electron chi connectivity index (χ0n) is 11.4. The smallest absolute Gasteiger partial charge is 0.165 e. The summed E-state index contributed by atoms with van der Waals surface area (Å²) >= 11 is 4.92. The molecule has 1 aromatic carbocycles. The van der Waals surface area contributed by atoms with E-state index in [9.17, 15) is 4.39 Å². The molecule has 0 radical (unpaired) electrons. The van der Waals surface area contributed by atoms with Crippen molar-refractivity contribution in [3.8, 4) is 5.75 Å². The Kier molecular flexibility index (Phi) is 5.18. The van der Waals surface area contributed by atoms with Crippen LogP contribution >= 0.6 is 27.3 Å². The van der Waals surface area contributed by atoms with Crippen molar-refractivity contribution in [1.29, 1.82) is 0 Å². The van der Waals surface area contributed by atoms with Gasteiger partial charge in [0.25, 0.3) is 0 Å². The van der Waals surface area contributed by atoms with Crippen LogP contribution in [0.1, 0.15) is 29.9 Å². The topological polar surface area (TPSA) is 35.2 Å². The first-order valence-electron chi connectivity index (χ1n) is 6.44. The van der Waals surface area contributed by atoms with Crippen LogP contribution in [0.3, 0.4) is 0 Å². The summed E-state index contributed by atoms with van der Waals surface area (Å²) in [4.78, 5) is 1.05. The molecule has 0 amide bonds. The SMILES string of the molecule is CCC(N)C(Oc1cc(Br)ccc1F)c1sccc1C. The van der Waals surface area contributed by atoms with E-state index in [-0.39, 0.29) is 23.7 Å². The first kappa shape index (κ1) is 15.5. The third kappa shape index (κ3) is 3.40. The van der Waals surface area contributed by atoms with Gasteiger partial charge in [0.05, 0.1) is 0 Å².